The Morgan fingerprint density at radius 3 is 2.61 bits per heavy atom. The van der Waals surface area contributed by atoms with E-state index < -0.39 is 5.97 Å². The van der Waals surface area contributed by atoms with Crippen LogP contribution in [0.3, 0.4) is 0 Å². The van der Waals surface area contributed by atoms with Gasteiger partial charge in [0.1, 0.15) is 17.7 Å². The number of hydrogen-bond acceptors (Lipinski definition) is 7. The van der Waals surface area contributed by atoms with Crippen LogP contribution in [0.15, 0.2) is 35.4 Å². The normalized spacial score (nSPS) is 13.3. The first-order chi connectivity index (χ1) is 13.6. The molecular formula is C21H18N4O2S. The molecular weight excluding hydrogens is 372 g/mol. The molecule has 28 heavy (non-hydrogen) atoms. The van der Waals surface area contributed by atoms with Gasteiger partial charge >= 0.3 is 5.97 Å². The molecule has 0 bridgehead atoms. The molecule has 140 valence electrons. The second-order valence-electron chi connectivity index (χ2n) is 6.69. The Labute approximate surface area is 167 Å². The van der Waals surface area contributed by atoms with E-state index >= 15 is 0 Å². The van der Waals surface area contributed by atoms with Gasteiger partial charge < -0.3 is 4.74 Å². The molecule has 1 fully saturated rings. The summed E-state index contributed by atoms with van der Waals surface area (Å²) >= 11 is 1.37. The summed E-state index contributed by atoms with van der Waals surface area (Å²) in [5, 5.41) is 10.1. The Bertz CT molecular complexity index is 1120. The second-order valence-corrected chi connectivity index (χ2v) is 7.48. The molecule has 0 radical (unpaired) electrons. The maximum atomic E-state index is 12.8. The van der Waals surface area contributed by atoms with Crippen molar-refractivity contribution in [2.75, 3.05) is 6.26 Å². The molecule has 1 saturated carbocycles. The smallest absolute Gasteiger partial charge is 0.340 e. The maximum Gasteiger partial charge on any atom is 0.340 e. The molecule has 0 saturated heterocycles. The molecule has 4 rings (SSSR count). The van der Waals surface area contributed by atoms with Crippen LogP contribution in [0.1, 0.15) is 51.8 Å². The van der Waals surface area contributed by atoms with Crippen molar-refractivity contribution >= 4 is 28.8 Å². The molecule has 1 aliphatic carbocycles. The van der Waals surface area contributed by atoms with Crippen LogP contribution in [-0.4, -0.2) is 27.2 Å². The first-order valence-electron chi connectivity index (χ1n) is 8.99. The Hall–Kier alpha value is -2.98. The number of carbonyl (C=O) groups excluding carboxylic acids is 1. The number of nitriles is 1. The third kappa shape index (κ3) is 3.56. The van der Waals surface area contributed by atoms with Crippen molar-refractivity contribution in [2.24, 2.45) is 0 Å². The number of aromatic nitrogens is 3. The van der Waals surface area contributed by atoms with Crippen LogP contribution in [0.5, 0.6) is 0 Å². The summed E-state index contributed by atoms with van der Waals surface area (Å²) < 4.78 is 5.51. The number of carbonyl (C=O) groups is 1. The highest BCUT2D eigenvalue weighted by molar-refractivity contribution is 7.98. The van der Waals surface area contributed by atoms with Gasteiger partial charge in [-0.15, -0.1) is 11.8 Å². The van der Waals surface area contributed by atoms with E-state index in [4.69, 9.17) is 4.74 Å². The number of para-hydroxylation sites is 2. The zero-order valence-corrected chi connectivity index (χ0v) is 16.4. The highest BCUT2D eigenvalue weighted by Crippen LogP contribution is 2.40. The molecule has 1 aromatic carbocycles. The monoisotopic (exact) mass is 390 g/mol. The lowest BCUT2D eigenvalue weighted by Crippen LogP contribution is -2.12. The van der Waals surface area contributed by atoms with Crippen molar-refractivity contribution in [1.29, 1.82) is 5.26 Å². The van der Waals surface area contributed by atoms with Gasteiger partial charge in [-0.2, -0.15) is 5.26 Å². The molecule has 1 aliphatic rings. The molecule has 2 heterocycles. The maximum absolute atomic E-state index is 12.8. The predicted molar refractivity (Wildman–Crippen MR) is 106 cm³/mol. The third-order valence-corrected chi connectivity index (χ3v) is 5.39. The summed E-state index contributed by atoms with van der Waals surface area (Å²) in [4.78, 5) is 26.4. The zero-order valence-electron chi connectivity index (χ0n) is 15.6. The lowest BCUT2D eigenvalue weighted by atomic mass is 10.1. The quantitative estimate of drug-likeness (QED) is 0.477. The minimum Gasteiger partial charge on any atom is -0.455 e. The van der Waals surface area contributed by atoms with Crippen LogP contribution in [0.4, 0.5) is 0 Å². The molecule has 0 N–H and O–H groups in total. The molecule has 0 unspecified atom stereocenters. The van der Waals surface area contributed by atoms with Gasteiger partial charge in [0.2, 0.25) is 0 Å². The molecule has 0 aliphatic heterocycles. The average Bonchev–Trinajstić information content (AvgIpc) is 3.56. The Kier molecular flexibility index (Phi) is 4.97. The Balaban J connectivity index is 1.61. The van der Waals surface area contributed by atoms with Crippen LogP contribution in [0.2, 0.25) is 0 Å². The fraction of sp³-hybridized carbons (Fsp3) is 0.286. The van der Waals surface area contributed by atoms with Gasteiger partial charge in [0.15, 0.2) is 0 Å². The average molecular weight is 390 g/mol. The van der Waals surface area contributed by atoms with E-state index in [1.807, 2.05) is 37.4 Å². The van der Waals surface area contributed by atoms with Crippen molar-refractivity contribution < 1.29 is 9.53 Å². The zero-order chi connectivity index (χ0) is 19.7. The van der Waals surface area contributed by atoms with E-state index in [1.165, 1.54) is 11.8 Å². The lowest BCUT2D eigenvalue weighted by Gasteiger charge is -2.11. The molecule has 0 spiro atoms. The summed E-state index contributed by atoms with van der Waals surface area (Å²) in [6.07, 6.45) is 3.98. The summed E-state index contributed by atoms with van der Waals surface area (Å²) in [5.41, 5.74) is 4.27. The van der Waals surface area contributed by atoms with Crippen molar-refractivity contribution in [3.8, 4) is 6.07 Å². The predicted octanol–water partition coefficient (Wildman–Crippen LogP) is 4.16. The lowest BCUT2D eigenvalue weighted by molar-refractivity contribution is 0.0466. The van der Waals surface area contributed by atoms with Gasteiger partial charge in [0.25, 0.3) is 0 Å². The van der Waals surface area contributed by atoms with Crippen molar-refractivity contribution in [3.63, 3.8) is 0 Å². The fourth-order valence-electron chi connectivity index (χ4n) is 3.02. The van der Waals surface area contributed by atoms with Crippen LogP contribution < -0.4 is 0 Å². The standard InChI is InChI=1S/C21H18N4O2S/c1-12-19(24-17-6-4-3-5-16(17)23-12)11-27-21(26)14-9-18(13-7-8-13)25-20(28-2)15(14)10-22/h3-6,9,13H,7-8,11H2,1-2H3. The molecule has 0 atom stereocenters. The SMILES string of the molecule is CSc1nc(C2CC2)cc(C(=O)OCc2nc3ccccc3nc2C)c1C#N. The van der Waals surface area contributed by atoms with E-state index in [0.29, 0.717) is 22.3 Å². The van der Waals surface area contributed by atoms with Crippen LogP contribution in [0.25, 0.3) is 11.0 Å². The fourth-order valence-corrected chi connectivity index (χ4v) is 3.58. The van der Waals surface area contributed by atoms with Crippen molar-refractivity contribution in [2.45, 2.75) is 37.3 Å². The molecule has 2 aromatic heterocycles. The number of hydrogen-bond donors (Lipinski definition) is 0. The van der Waals surface area contributed by atoms with E-state index in [-0.39, 0.29) is 17.7 Å². The largest absolute Gasteiger partial charge is 0.455 e. The number of esters is 1. The van der Waals surface area contributed by atoms with Gasteiger partial charge in [-0.25, -0.2) is 19.7 Å². The number of pyridine rings is 1. The minimum atomic E-state index is -0.537. The first-order valence-corrected chi connectivity index (χ1v) is 10.2. The van der Waals surface area contributed by atoms with E-state index in [2.05, 4.69) is 21.0 Å². The van der Waals surface area contributed by atoms with Crippen molar-refractivity contribution in [1.82, 2.24) is 15.0 Å². The second kappa shape index (κ2) is 7.56. The van der Waals surface area contributed by atoms with Gasteiger partial charge in [-0.1, -0.05) is 12.1 Å². The number of rotatable bonds is 5. The van der Waals surface area contributed by atoms with Crippen LogP contribution >= 0.6 is 11.8 Å². The summed E-state index contributed by atoms with van der Waals surface area (Å²) in [6.45, 7) is 1.84. The van der Waals surface area contributed by atoms with E-state index in [1.54, 1.807) is 6.07 Å². The number of fused-ring (bicyclic) bond motifs is 1. The van der Waals surface area contributed by atoms with Gasteiger partial charge in [-0.3, -0.25) is 0 Å². The first kappa shape index (κ1) is 18.4. The Morgan fingerprint density at radius 1 is 1.25 bits per heavy atom. The molecule has 3 aromatic rings. The Morgan fingerprint density at radius 2 is 1.96 bits per heavy atom. The van der Waals surface area contributed by atoms with Gasteiger partial charge in [-0.05, 0) is 44.2 Å². The number of aryl methyl sites for hydroxylation is 1. The number of ether oxygens (including phenoxy) is 1. The van der Waals surface area contributed by atoms with Gasteiger partial charge in [0.05, 0.1) is 33.5 Å². The van der Waals surface area contributed by atoms with Crippen LogP contribution in [0, 0.1) is 18.3 Å². The van der Waals surface area contributed by atoms with E-state index in [9.17, 15) is 10.1 Å². The minimum absolute atomic E-state index is 0.00303. The number of nitrogens with zero attached hydrogens (tertiary/aromatic N) is 4. The third-order valence-electron chi connectivity index (χ3n) is 4.71. The highest BCUT2D eigenvalue weighted by Gasteiger charge is 2.29. The van der Waals surface area contributed by atoms with Crippen LogP contribution in [-0.2, 0) is 11.3 Å². The highest BCUT2D eigenvalue weighted by atomic mass is 32.2. The summed E-state index contributed by atoms with van der Waals surface area (Å²) in [6, 6.07) is 11.4. The molecule has 0 amide bonds. The van der Waals surface area contributed by atoms with E-state index in [0.717, 1.165) is 29.6 Å². The van der Waals surface area contributed by atoms with Crippen molar-refractivity contribution in [3.05, 3.63) is 58.5 Å². The molecule has 6 nitrogen and oxygen atoms in total. The number of thioether (sulfide) groups is 1. The molecule has 7 heteroatoms. The number of benzene rings is 1. The topological polar surface area (TPSA) is 88.8 Å². The summed E-state index contributed by atoms with van der Waals surface area (Å²) in [5.74, 6) is -0.163. The van der Waals surface area contributed by atoms with Gasteiger partial charge in [0, 0.05) is 11.6 Å². The summed E-state index contributed by atoms with van der Waals surface area (Å²) in [7, 11) is 0.